The number of ether oxygens (including phenoxy) is 3. The summed E-state index contributed by atoms with van der Waals surface area (Å²) >= 11 is 0. The number of hydrogen-bond donors (Lipinski definition) is 0. The van der Waals surface area contributed by atoms with Gasteiger partial charge in [-0.1, -0.05) is 196 Å². The molecule has 0 bridgehead atoms. The number of hydrogen-bond acceptors (Lipinski definition) is 5. The molecule has 60 heavy (non-hydrogen) atoms. The Morgan fingerprint density at radius 1 is 0.383 bits per heavy atom. The van der Waals surface area contributed by atoms with Crippen molar-refractivity contribution >= 4 is 11.9 Å². The summed E-state index contributed by atoms with van der Waals surface area (Å²) in [6.45, 7) is 7.64. The fourth-order valence-corrected chi connectivity index (χ4v) is 6.89. The molecule has 0 rings (SSSR count). The molecule has 0 spiro atoms. The molecule has 0 aromatic rings. The van der Waals surface area contributed by atoms with E-state index < -0.39 is 6.10 Å². The normalized spacial score (nSPS) is 12.8. The van der Waals surface area contributed by atoms with Gasteiger partial charge in [-0.3, -0.25) is 9.59 Å². The van der Waals surface area contributed by atoms with Crippen molar-refractivity contribution < 1.29 is 23.8 Å². The summed E-state index contributed by atoms with van der Waals surface area (Å²) in [6, 6.07) is 0. The predicted octanol–water partition coefficient (Wildman–Crippen LogP) is 17.1. The van der Waals surface area contributed by atoms with Crippen LogP contribution in [0.15, 0.2) is 72.9 Å². The van der Waals surface area contributed by atoms with Crippen LogP contribution in [0.1, 0.15) is 239 Å². The average Bonchev–Trinajstić information content (AvgIpc) is 3.25. The fourth-order valence-electron chi connectivity index (χ4n) is 6.89. The number of allylic oxidation sites excluding steroid dienone is 12. The largest absolute Gasteiger partial charge is 0.462 e. The summed E-state index contributed by atoms with van der Waals surface area (Å²) < 4.78 is 17.4. The summed E-state index contributed by atoms with van der Waals surface area (Å²) in [5, 5.41) is 0. The summed E-state index contributed by atoms with van der Waals surface area (Å²) in [5.74, 6) is -0.425. The van der Waals surface area contributed by atoms with Crippen LogP contribution in [0.3, 0.4) is 0 Å². The molecule has 0 aliphatic rings. The van der Waals surface area contributed by atoms with Crippen molar-refractivity contribution in [2.24, 2.45) is 0 Å². The molecule has 1 atom stereocenters. The Balaban J connectivity index is 4.28. The van der Waals surface area contributed by atoms with Crippen LogP contribution in [-0.4, -0.2) is 37.9 Å². The Labute approximate surface area is 372 Å². The minimum Gasteiger partial charge on any atom is -0.462 e. The molecule has 5 nitrogen and oxygen atoms in total. The number of carbonyl (C=O) groups is 2. The van der Waals surface area contributed by atoms with Gasteiger partial charge in [-0.05, 0) is 103 Å². The van der Waals surface area contributed by atoms with Crippen LogP contribution in [0, 0.1) is 0 Å². The van der Waals surface area contributed by atoms with Gasteiger partial charge in [0.25, 0.3) is 0 Å². The SMILES string of the molecule is CC/C=C\C/C=C\C/C=C\C/C=C\CCCCCCCCC(=O)OCC(COCCCCCCCC/C=C\CCCC)OC(=O)CCCCCCC/C=C\CCCCCC. The molecular formula is C55H96O5. The molecule has 0 heterocycles. The first-order valence-electron chi connectivity index (χ1n) is 25.5. The molecule has 0 saturated carbocycles. The standard InChI is InChI=1S/C55H96O5/c1-4-7-10-13-16-19-22-25-26-27-28-29-30-32-33-36-39-42-45-48-54(56)59-52-53(51-58-50-47-44-41-38-35-24-21-18-15-12-9-6-3)60-55(57)49-46-43-40-37-34-31-23-20-17-14-11-8-5-2/h7,10,15-16,18-20,23,25-26,28-29,53H,4-6,8-9,11-14,17,21-22,24,27,30-52H2,1-3H3/b10-7-,18-15-,19-16-,23-20-,26-25-,29-28-. The lowest BCUT2D eigenvalue weighted by Crippen LogP contribution is -2.30. The highest BCUT2D eigenvalue weighted by molar-refractivity contribution is 5.70. The monoisotopic (exact) mass is 837 g/mol. The third-order valence-electron chi connectivity index (χ3n) is 10.7. The molecule has 346 valence electrons. The zero-order valence-electron chi connectivity index (χ0n) is 39.7. The van der Waals surface area contributed by atoms with E-state index in [0.29, 0.717) is 19.4 Å². The number of esters is 2. The Morgan fingerprint density at radius 3 is 1.27 bits per heavy atom. The van der Waals surface area contributed by atoms with Crippen LogP contribution in [0.5, 0.6) is 0 Å². The molecule has 0 fully saturated rings. The Hall–Kier alpha value is -2.66. The third-order valence-corrected chi connectivity index (χ3v) is 10.7. The van der Waals surface area contributed by atoms with Gasteiger partial charge in [0.2, 0.25) is 0 Å². The first kappa shape index (κ1) is 57.3. The van der Waals surface area contributed by atoms with Gasteiger partial charge < -0.3 is 14.2 Å². The van der Waals surface area contributed by atoms with E-state index in [1.807, 2.05) is 0 Å². The summed E-state index contributed by atoms with van der Waals surface area (Å²) in [7, 11) is 0. The zero-order valence-corrected chi connectivity index (χ0v) is 39.7. The van der Waals surface area contributed by atoms with Crippen LogP contribution in [0.4, 0.5) is 0 Å². The van der Waals surface area contributed by atoms with Crippen molar-refractivity contribution in [2.75, 3.05) is 19.8 Å². The van der Waals surface area contributed by atoms with Crippen molar-refractivity contribution in [3.05, 3.63) is 72.9 Å². The van der Waals surface area contributed by atoms with Crippen LogP contribution in [-0.2, 0) is 23.8 Å². The molecule has 0 N–H and O–H groups in total. The summed E-state index contributed by atoms with van der Waals surface area (Å²) in [4.78, 5) is 25.4. The second-order valence-corrected chi connectivity index (χ2v) is 16.7. The van der Waals surface area contributed by atoms with Gasteiger partial charge in [-0.25, -0.2) is 0 Å². The lowest BCUT2D eigenvalue weighted by Gasteiger charge is -2.18. The van der Waals surface area contributed by atoms with E-state index in [9.17, 15) is 9.59 Å². The lowest BCUT2D eigenvalue weighted by atomic mass is 10.1. The Kier molecular flexibility index (Phi) is 48.4. The molecule has 0 radical (unpaired) electrons. The van der Waals surface area contributed by atoms with Crippen molar-refractivity contribution in [2.45, 2.75) is 245 Å². The van der Waals surface area contributed by atoms with Gasteiger partial charge in [-0.15, -0.1) is 0 Å². The van der Waals surface area contributed by atoms with Crippen molar-refractivity contribution in [3.63, 3.8) is 0 Å². The van der Waals surface area contributed by atoms with Crippen LogP contribution in [0.25, 0.3) is 0 Å². The van der Waals surface area contributed by atoms with Crippen molar-refractivity contribution in [3.8, 4) is 0 Å². The van der Waals surface area contributed by atoms with Gasteiger partial charge >= 0.3 is 11.9 Å². The zero-order chi connectivity index (χ0) is 43.5. The highest BCUT2D eigenvalue weighted by Crippen LogP contribution is 2.13. The van der Waals surface area contributed by atoms with E-state index in [0.717, 1.165) is 89.9 Å². The van der Waals surface area contributed by atoms with Gasteiger partial charge in [0.05, 0.1) is 6.61 Å². The summed E-state index contributed by atoms with van der Waals surface area (Å²) in [6.07, 6.45) is 64.7. The van der Waals surface area contributed by atoms with E-state index in [-0.39, 0.29) is 25.2 Å². The fraction of sp³-hybridized carbons (Fsp3) is 0.745. The Morgan fingerprint density at radius 2 is 0.767 bits per heavy atom. The minimum atomic E-state index is -0.550. The van der Waals surface area contributed by atoms with E-state index in [1.54, 1.807) is 0 Å². The predicted molar refractivity (Wildman–Crippen MR) is 260 cm³/mol. The maximum Gasteiger partial charge on any atom is 0.306 e. The molecule has 0 aliphatic carbocycles. The maximum absolute atomic E-state index is 12.8. The number of carbonyl (C=O) groups excluding carboxylic acids is 2. The molecule has 1 unspecified atom stereocenters. The number of rotatable bonds is 46. The van der Waals surface area contributed by atoms with E-state index in [1.165, 1.54) is 116 Å². The molecule has 0 aromatic heterocycles. The first-order chi connectivity index (χ1) is 29.6. The molecular weight excluding hydrogens is 741 g/mol. The van der Waals surface area contributed by atoms with Crippen LogP contribution in [0.2, 0.25) is 0 Å². The average molecular weight is 837 g/mol. The van der Waals surface area contributed by atoms with Crippen molar-refractivity contribution in [1.29, 1.82) is 0 Å². The van der Waals surface area contributed by atoms with E-state index >= 15 is 0 Å². The minimum absolute atomic E-state index is 0.0703. The lowest BCUT2D eigenvalue weighted by molar-refractivity contribution is -0.163. The highest BCUT2D eigenvalue weighted by Gasteiger charge is 2.17. The van der Waals surface area contributed by atoms with Crippen molar-refractivity contribution in [1.82, 2.24) is 0 Å². The topological polar surface area (TPSA) is 61.8 Å². The van der Waals surface area contributed by atoms with Gasteiger partial charge in [0, 0.05) is 19.4 Å². The number of unbranched alkanes of at least 4 members (excludes halogenated alkanes) is 23. The molecule has 0 aromatic carbocycles. The van der Waals surface area contributed by atoms with E-state index in [4.69, 9.17) is 14.2 Å². The second-order valence-electron chi connectivity index (χ2n) is 16.7. The Bertz CT molecular complexity index is 1080. The summed E-state index contributed by atoms with van der Waals surface area (Å²) in [5.41, 5.74) is 0. The maximum atomic E-state index is 12.8. The third kappa shape index (κ3) is 48.0. The van der Waals surface area contributed by atoms with Gasteiger partial charge in [-0.2, -0.15) is 0 Å². The molecule has 0 aliphatic heterocycles. The van der Waals surface area contributed by atoms with Gasteiger partial charge in [0.1, 0.15) is 6.61 Å². The molecule has 0 amide bonds. The first-order valence-corrected chi connectivity index (χ1v) is 25.5. The van der Waals surface area contributed by atoms with Gasteiger partial charge in [0.15, 0.2) is 6.10 Å². The quantitative estimate of drug-likeness (QED) is 0.0347. The molecule has 5 heteroatoms. The second kappa shape index (κ2) is 50.7. The van der Waals surface area contributed by atoms with Crippen LogP contribution < -0.4 is 0 Å². The molecule has 0 saturated heterocycles. The van der Waals surface area contributed by atoms with Crippen LogP contribution >= 0.6 is 0 Å². The highest BCUT2D eigenvalue weighted by atomic mass is 16.6. The smallest absolute Gasteiger partial charge is 0.306 e. The van der Waals surface area contributed by atoms with E-state index in [2.05, 4.69) is 93.7 Å².